The molecule has 0 saturated heterocycles. The van der Waals surface area contributed by atoms with Crippen molar-refractivity contribution in [1.82, 2.24) is 0 Å². The lowest BCUT2D eigenvalue weighted by atomic mass is 10.1. The topological polar surface area (TPSA) is 57.2 Å². The molecule has 0 bridgehead atoms. The molecule has 0 amide bonds. The van der Waals surface area contributed by atoms with Crippen molar-refractivity contribution in [3.05, 3.63) is 29.8 Å². The molecule has 0 heterocycles. The van der Waals surface area contributed by atoms with Crippen LogP contribution in [0, 0.1) is 6.92 Å². The second-order valence-electron chi connectivity index (χ2n) is 8.94. The number of rotatable bonds is 15. The Morgan fingerprint density at radius 2 is 1.20 bits per heavy atom. The van der Waals surface area contributed by atoms with Crippen LogP contribution in [0.2, 0.25) is 0 Å². The molecule has 0 aliphatic carbocycles. The van der Waals surface area contributed by atoms with Gasteiger partial charge < -0.3 is 9.04 Å². The van der Waals surface area contributed by atoms with Crippen LogP contribution in [0.25, 0.3) is 0 Å². The van der Waals surface area contributed by atoms with E-state index in [0.717, 1.165) is 16.1 Å². The van der Waals surface area contributed by atoms with E-state index in [1.165, 1.54) is 95.7 Å². The van der Waals surface area contributed by atoms with E-state index in [0.29, 0.717) is 0 Å². The maximum absolute atomic E-state index is 10.4. The molecule has 30 heavy (non-hydrogen) atoms. The Bertz CT molecular complexity index is 630. The molecule has 0 atom stereocenters. The number of unbranched alkanes of at least 4 members (excludes halogenated alkanes) is 11. The molecule has 176 valence electrons. The highest BCUT2D eigenvalue weighted by molar-refractivity contribution is 7.85. The van der Waals surface area contributed by atoms with Crippen molar-refractivity contribution in [3.8, 4) is 0 Å². The van der Waals surface area contributed by atoms with Gasteiger partial charge in [0.05, 0.1) is 25.5 Å². The summed E-state index contributed by atoms with van der Waals surface area (Å²) >= 11 is 5.91. The predicted octanol–water partition coefficient (Wildman–Crippen LogP) is 6.86. The van der Waals surface area contributed by atoms with Gasteiger partial charge >= 0.3 is 0 Å². The maximum atomic E-state index is 10.4. The number of hydrogen-bond acceptors (Lipinski definition) is 3. The molecule has 4 nitrogen and oxygen atoms in total. The second kappa shape index (κ2) is 17.0. The van der Waals surface area contributed by atoms with Gasteiger partial charge in [0.1, 0.15) is 10.1 Å². The summed E-state index contributed by atoms with van der Waals surface area (Å²) in [5.74, 6) is 0. The number of quaternary nitrogens is 1. The summed E-state index contributed by atoms with van der Waals surface area (Å²) in [6.45, 7) is 5.33. The number of hydrogen-bond donors (Lipinski definition) is 0. The molecule has 0 aliphatic rings. The first-order valence-electron chi connectivity index (χ1n) is 11.5. The van der Waals surface area contributed by atoms with E-state index in [2.05, 4.69) is 21.0 Å². The minimum atomic E-state index is -4.27. The van der Waals surface area contributed by atoms with Gasteiger partial charge in [-0.05, 0) is 31.9 Å². The van der Waals surface area contributed by atoms with Crippen molar-refractivity contribution in [2.75, 3.05) is 26.6 Å². The van der Waals surface area contributed by atoms with Crippen LogP contribution in [-0.4, -0.2) is 44.1 Å². The Kier molecular flexibility index (Phi) is 16.6. The molecule has 0 fully saturated rings. The third kappa shape index (κ3) is 17.1. The monoisotopic (exact) mass is 461 g/mol. The summed E-state index contributed by atoms with van der Waals surface area (Å²) in [7, 11) is 0.158. The fraction of sp³-hybridized carbons (Fsp3) is 0.750. The van der Waals surface area contributed by atoms with E-state index in [9.17, 15) is 13.0 Å². The standard InChI is InChI=1S/C17H37ClN.C7H8O3S/c1-4-5-6-7-8-9-10-11-12-13-14-15-16-19(2,3)17-18;1-6-2-4-7(5-3-6)11(8,9)10/h4-17H2,1-3H3;2-5H,1H3,(H,8,9,10)/q+1;/p-1. The minimum Gasteiger partial charge on any atom is -0.744 e. The molecule has 6 heteroatoms. The molecule has 0 unspecified atom stereocenters. The summed E-state index contributed by atoms with van der Waals surface area (Å²) in [6, 6.07) is 6.52. The van der Waals surface area contributed by atoms with E-state index in [-0.39, 0.29) is 4.90 Å². The lowest BCUT2D eigenvalue weighted by molar-refractivity contribution is -0.879. The largest absolute Gasteiger partial charge is 0.744 e. The summed E-state index contributed by atoms with van der Waals surface area (Å²) in [6.07, 6.45) is 17.1. The third-order valence-corrected chi connectivity index (χ3v) is 6.75. The number of alkyl halides is 1. The normalized spacial score (nSPS) is 11.8. The molecule has 0 N–H and O–H groups in total. The van der Waals surface area contributed by atoms with Gasteiger partial charge in [-0.1, -0.05) is 100 Å². The second-order valence-corrected chi connectivity index (χ2v) is 10.6. The van der Waals surface area contributed by atoms with Gasteiger partial charge in [0.15, 0.2) is 6.00 Å². The van der Waals surface area contributed by atoms with Gasteiger partial charge in [-0.2, -0.15) is 0 Å². The molecule has 1 aromatic carbocycles. The average molecular weight is 462 g/mol. The van der Waals surface area contributed by atoms with Gasteiger partial charge in [-0.25, -0.2) is 8.42 Å². The molecule has 0 aliphatic heterocycles. The fourth-order valence-corrected chi connectivity index (χ4v) is 3.73. The lowest BCUT2D eigenvalue weighted by Gasteiger charge is -2.26. The number of aryl methyl sites for hydroxylation is 1. The van der Waals surface area contributed by atoms with Crippen LogP contribution >= 0.6 is 11.6 Å². The smallest absolute Gasteiger partial charge is 0.154 e. The van der Waals surface area contributed by atoms with Crippen LogP contribution in [0.5, 0.6) is 0 Å². The van der Waals surface area contributed by atoms with E-state index in [4.69, 9.17) is 11.6 Å². The van der Waals surface area contributed by atoms with Crippen molar-refractivity contribution in [1.29, 1.82) is 0 Å². The Hall–Kier alpha value is -0.620. The minimum absolute atomic E-state index is 0.178. The van der Waals surface area contributed by atoms with Crippen molar-refractivity contribution in [2.45, 2.75) is 95.8 Å². The first-order valence-corrected chi connectivity index (χ1v) is 13.5. The maximum Gasteiger partial charge on any atom is 0.154 e. The van der Waals surface area contributed by atoms with Crippen molar-refractivity contribution < 1.29 is 17.5 Å². The molecule has 1 rings (SSSR count). The quantitative estimate of drug-likeness (QED) is 0.0941. The first-order chi connectivity index (χ1) is 14.1. The zero-order valence-corrected chi connectivity index (χ0v) is 21.2. The van der Waals surface area contributed by atoms with Crippen LogP contribution < -0.4 is 0 Å². The summed E-state index contributed by atoms with van der Waals surface area (Å²) in [4.78, 5) is -0.178. The van der Waals surface area contributed by atoms with E-state index in [1.807, 2.05) is 6.92 Å². The van der Waals surface area contributed by atoms with Crippen molar-refractivity contribution >= 4 is 21.7 Å². The van der Waals surface area contributed by atoms with Gasteiger partial charge in [-0.15, -0.1) is 0 Å². The van der Waals surface area contributed by atoms with Crippen molar-refractivity contribution in [3.63, 3.8) is 0 Å². The van der Waals surface area contributed by atoms with E-state index in [1.54, 1.807) is 12.1 Å². The molecular formula is C24H44ClNO3S. The van der Waals surface area contributed by atoms with Crippen LogP contribution in [0.3, 0.4) is 0 Å². The van der Waals surface area contributed by atoms with Gasteiger partial charge in [0.2, 0.25) is 0 Å². The molecule has 0 spiro atoms. The highest BCUT2D eigenvalue weighted by atomic mass is 35.5. The highest BCUT2D eigenvalue weighted by Gasteiger charge is 2.11. The summed E-state index contributed by atoms with van der Waals surface area (Å²) in [5, 5.41) is 0. The highest BCUT2D eigenvalue weighted by Crippen LogP contribution is 2.13. The fourth-order valence-electron chi connectivity index (χ4n) is 3.15. The average Bonchev–Trinajstić information content (AvgIpc) is 2.69. The van der Waals surface area contributed by atoms with E-state index < -0.39 is 10.1 Å². The Morgan fingerprint density at radius 3 is 1.57 bits per heavy atom. The SMILES string of the molecule is CCCCCCCCCCCCCC[N+](C)(C)CCl.Cc1ccc(S(=O)(=O)[O-])cc1. The summed E-state index contributed by atoms with van der Waals surface area (Å²) < 4.78 is 32.1. The number of halogens is 1. The van der Waals surface area contributed by atoms with Gasteiger partial charge in [-0.3, -0.25) is 0 Å². The first kappa shape index (κ1) is 29.4. The molecule has 1 aromatic rings. The molecular weight excluding hydrogens is 418 g/mol. The van der Waals surface area contributed by atoms with Gasteiger partial charge in [0.25, 0.3) is 0 Å². The Labute approximate surface area is 191 Å². The molecule has 0 aromatic heterocycles. The number of benzene rings is 1. The van der Waals surface area contributed by atoms with Gasteiger partial charge in [0, 0.05) is 0 Å². The van der Waals surface area contributed by atoms with Crippen LogP contribution in [-0.2, 0) is 10.1 Å². The van der Waals surface area contributed by atoms with Crippen LogP contribution in [0.1, 0.15) is 89.5 Å². The molecule has 0 saturated carbocycles. The molecule has 0 radical (unpaired) electrons. The Balaban J connectivity index is 0.000000642. The third-order valence-electron chi connectivity index (χ3n) is 5.25. The summed E-state index contributed by atoms with van der Waals surface area (Å²) in [5.41, 5.74) is 0.928. The van der Waals surface area contributed by atoms with Crippen LogP contribution in [0.15, 0.2) is 29.2 Å². The zero-order valence-electron chi connectivity index (χ0n) is 19.7. The Morgan fingerprint density at radius 1 is 0.800 bits per heavy atom. The van der Waals surface area contributed by atoms with Crippen LogP contribution in [0.4, 0.5) is 0 Å². The predicted molar refractivity (Wildman–Crippen MR) is 128 cm³/mol. The van der Waals surface area contributed by atoms with Crippen molar-refractivity contribution in [2.24, 2.45) is 0 Å². The lowest BCUT2D eigenvalue weighted by Crippen LogP contribution is -2.38. The van der Waals surface area contributed by atoms with E-state index >= 15 is 0 Å². The number of nitrogens with zero attached hydrogens (tertiary/aromatic N) is 1. The zero-order chi connectivity index (χ0) is 22.9.